The van der Waals surface area contributed by atoms with E-state index in [9.17, 15) is 9.90 Å². The van der Waals surface area contributed by atoms with Crippen LogP contribution < -0.4 is 0 Å². The van der Waals surface area contributed by atoms with Gasteiger partial charge in [-0.05, 0) is 31.1 Å². The monoisotopic (exact) mass is 464 g/mol. The van der Waals surface area contributed by atoms with E-state index in [-0.39, 0.29) is 5.41 Å². The van der Waals surface area contributed by atoms with E-state index in [4.69, 9.17) is 0 Å². The van der Waals surface area contributed by atoms with Crippen molar-refractivity contribution in [1.82, 2.24) is 0 Å². The SMILES string of the molecule is CCCCCCCCCCCCC=C(C(=O)O)C(C)(CC)CCCCCCCCCCCC. The Bertz CT molecular complexity index is 468. The average Bonchev–Trinajstić information content (AvgIpc) is 2.80. The number of aliphatic carboxylic acids is 1. The summed E-state index contributed by atoms with van der Waals surface area (Å²) < 4.78 is 0. The molecule has 1 N–H and O–H groups in total. The van der Waals surface area contributed by atoms with Gasteiger partial charge in [-0.25, -0.2) is 4.79 Å². The Kier molecular flexibility index (Phi) is 22.4. The fraction of sp³-hybridized carbons (Fsp3) is 0.903. The van der Waals surface area contributed by atoms with Crippen molar-refractivity contribution in [3.05, 3.63) is 11.6 Å². The minimum atomic E-state index is -0.696. The lowest BCUT2D eigenvalue weighted by Crippen LogP contribution is -2.24. The van der Waals surface area contributed by atoms with E-state index < -0.39 is 5.97 Å². The molecule has 0 bridgehead atoms. The molecule has 0 rings (SSSR count). The topological polar surface area (TPSA) is 37.3 Å². The van der Waals surface area contributed by atoms with Crippen molar-refractivity contribution in [1.29, 1.82) is 0 Å². The molecule has 0 amide bonds. The van der Waals surface area contributed by atoms with Gasteiger partial charge < -0.3 is 5.11 Å². The second kappa shape index (κ2) is 23.0. The molecule has 0 fully saturated rings. The lowest BCUT2D eigenvalue weighted by atomic mass is 9.75. The molecule has 0 saturated carbocycles. The molecule has 0 aromatic heterocycles. The molecule has 0 spiro atoms. The van der Waals surface area contributed by atoms with Gasteiger partial charge in [0, 0.05) is 5.57 Å². The summed E-state index contributed by atoms with van der Waals surface area (Å²) >= 11 is 0. The van der Waals surface area contributed by atoms with E-state index in [1.54, 1.807) is 0 Å². The highest BCUT2D eigenvalue weighted by atomic mass is 16.4. The fourth-order valence-electron chi connectivity index (χ4n) is 4.97. The van der Waals surface area contributed by atoms with Crippen LogP contribution in [0.1, 0.15) is 175 Å². The van der Waals surface area contributed by atoms with Crippen molar-refractivity contribution < 1.29 is 9.90 Å². The zero-order valence-electron chi connectivity index (χ0n) is 23.2. The highest BCUT2D eigenvalue weighted by Gasteiger charge is 2.30. The molecule has 196 valence electrons. The van der Waals surface area contributed by atoms with Gasteiger partial charge in [0.2, 0.25) is 0 Å². The van der Waals surface area contributed by atoms with Gasteiger partial charge in [0.25, 0.3) is 0 Å². The van der Waals surface area contributed by atoms with Gasteiger partial charge in [-0.15, -0.1) is 0 Å². The summed E-state index contributed by atoms with van der Waals surface area (Å²) in [7, 11) is 0. The summed E-state index contributed by atoms with van der Waals surface area (Å²) in [6.45, 7) is 8.88. The number of carboxylic acid groups (broad SMARTS) is 1. The molecule has 2 nitrogen and oxygen atoms in total. The number of rotatable bonds is 25. The summed E-state index contributed by atoms with van der Waals surface area (Å²) in [6, 6.07) is 0. The second-order valence-corrected chi connectivity index (χ2v) is 10.7. The van der Waals surface area contributed by atoms with E-state index in [1.807, 2.05) is 0 Å². The quantitative estimate of drug-likeness (QED) is 0.108. The highest BCUT2D eigenvalue weighted by molar-refractivity contribution is 5.88. The zero-order valence-corrected chi connectivity index (χ0v) is 23.2. The van der Waals surface area contributed by atoms with E-state index in [2.05, 4.69) is 33.8 Å². The van der Waals surface area contributed by atoms with Crippen molar-refractivity contribution >= 4 is 5.97 Å². The van der Waals surface area contributed by atoms with Crippen LogP contribution in [0, 0.1) is 5.41 Å². The number of hydrogen-bond acceptors (Lipinski definition) is 1. The van der Waals surface area contributed by atoms with Crippen LogP contribution in [0.4, 0.5) is 0 Å². The molecule has 0 aliphatic heterocycles. The van der Waals surface area contributed by atoms with Gasteiger partial charge in [-0.1, -0.05) is 156 Å². The molecular formula is C31H60O2. The molecule has 0 saturated heterocycles. The van der Waals surface area contributed by atoms with Crippen LogP contribution in [0.15, 0.2) is 11.6 Å². The third-order valence-electron chi connectivity index (χ3n) is 7.65. The minimum absolute atomic E-state index is 0.176. The van der Waals surface area contributed by atoms with Crippen LogP contribution in [-0.4, -0.2) is 11.1 Å². The lowest BCUT2D eigenvalue weighted by molar-refractivity contribution is -0.134. The smallest absolute Gasteiger partial charge is 0.331 e. The number of unbranched alkanes of at least 4 members (excludes halogenated alkanes) is 19. The normalized spacial score (nSPS) is 13.9. The summed E-state index contributed by atoms with van der Waals surface area (Å²) in [5.74, 6) is -0.696. The molecule has 0 aromatic rings. The van der Waals surface area contributed by atoms with Crippen LogP contribution in [0.2, 0.25) is 0 Å². The van der Waals surface area contributed by atoms with E-state index >= 15 is 0 Å². The number of allylic oxidation sites excluding steroid dienone is 1. The third kappa shape index (κ3) is 18.2. The van der Waals surface area contributed by atoms with Crippen LogP contribution in [-0.2, 0) is 4.79 Å². The van der Waals surface area contributed by atoms with Crippen molar-refractivity contribution in [3.8, 4) is 0 Å². The first-order valence-electron chi connectivity index (χ1n) is 15.0. The van der Waals surface area contributed by atoms with Gasteiger partial charge >= 0.3 is 5.97 Å². The first kappa shape index (κ1) is 32.2. The molecule has 0 heterocycles. The summed E-state index contributed by atoms with van der Waals surface area (Å²) in [5.41, 5.74) is 0.502. The van der Waals surface area contributed by atoms with Gasteiger partial charge in [0.05, 0.1) is 0 Å². The van der Waals surface area contributed by atoms with Gasteiger partial charge in [0.1, 0.15) is 0 Å². The van der Waals surface area contributed by atoms with Crippen molar-refractivity contribution in [2.45, 2.75) is 175 Å². The molecule has 33 heavy (non-hydrogen) atoms. The zero-order chi connectivity index (χ0) is 24.6. The summed E-state index contributed by atoms with van der Waals surface area (Å²) in [4.78, 5) is 12.0. The predicted octanol–water partition coefficient (Wildman–Crippen LogP) is 11.0. The molecule has 0 aliphatic carbocycles. The standard InChI is InChI=1S/C31H60O2/c1-5-8-10-12-14-16-18-19-21-23-25-27-29(30(32)33)31(4,7-3)28-26-24-22-20-17-15-13-11-9-6-2/h27H,5-26,28H2,1-4H3,(H,32,33). The maximum atomic E-state index is 12.0. The van der Waals surface area contributed by atoms with Crippen LogP contribution in [0.3, 0.4) is 0 Å². The van der Waals surface area contributed by atoms with Crippen LogP contribution in [0.5, 0.6) is 0 Å². The van der Waals surface area contributed by atoms with E-state index in [0.29, 0.717) is 5.57 Å². The summed E-state index contributed by atoms with van der Waals surface area (Å²) in [5, 5.41) is 9.89. The van der Waals surface area contributed by atoms with Crippen LogP contribution >= 0.6 is 0 Å². The van der Waals surface area contributed by atoms with Gasteiger partial charge in [0.15, 0.2) is 0 Å². The molecular weight excluding hydrogens is 404 g/mol. The van der Waals surface area contributed by atoms with Crippen molar-refractivity contribution in [2.24, 2.45) is 5.41 Å². The summed E-state index contributed by atoms with van der Waals surface area (Å²) in [6.07, 6.45) is 31.5. The largest absolute Gasteiger partial charge is 0.478 e. The van der Waals surface area contributed by atoms with Crippen molar-refractivity contribution in [2.75, 3.05) is 0 Å². The third-order valence-corrected chi connectivity index (χ3v) is 7.65. The van der Waals surface area contributed by atoms with E-state index in [1.165, 1.54) is 116 Å². The number of carbonyl (C=O) groups is 1. The fourth-order valence-corrected chi connectivity index (χ4v) is 4.97. The van der Waals surface area contributed by atoms with E-state index in [0.717, 1.165) is 32.1 Å². The first-order valence-corrected chi connectivity index (χ1v) is 15.0. The van der Waals surface area contributed by atoms with Crippen LogP contribution in [0.25, 0.3) is 0 Å². The Labute approximate surface area is 208 Å². The number of carboxylic acids is 1. The molecule has 0 aromatic carbocycles. The Hall–Kier alpha value is -0.790. The minimum Gasteiger partial charge on any atom is -0.478 e. The molecule has 2 heteroatoms. The average molecular weight is 465 g/mol. The van der Waals surface area contributed by atoms with Gasteiger partial charge in [-0.2, -0.15) is 0 Å². The number of hydrogen-bond donors (Lipinski definition) is 1. The second-order valence-electron chi connectivity index (χ2n) is 10.7. The lowest BCUT2D eigenvalue weighted by Gasteiger charge is -2.29. The maximum absolute atomic E-state index is 12.0. The Balaban J connectivity index is 4.09. The molecule has 0 aliphatic rings. The highest BCUT2D eigenvalue weighted by Crippen LogP contribution is 2.37. The Morgan fingerprint density at radius 2 is 0.970 bits per heavy atom. The van der Waals surface area contributed by atoms with Crippen molar-refractivity contribution in [3.63, 3.8) is 0 Å². The first-order chi connectivity index (χ1) is 16.0. The molecule has 1 unspecified atom stereocenters. The molecule has 1 atom stereocenters. The Morgan fingerprint density at radius 3 is 1.33 bits per heavy atom. The maximum Gasteiger partial charge on any atom is 0.331 e. The Morgan fingerprint density at radius 1 is 0.606 bits per heavy atom. The molecule has 0 radical (unpaired) electrons. The van der Waals surface area contributed by atoms with Gasteiger partial charge in [-0.3, -0.25) is 0 Å². The predicted molar refractivity (Wildman–Crippen MR) is 147 cm³/mol.